The molecule has 2 N–H and O–H groups in total. The number of anilines is 1. The van der Waals surface area contributed by atoms with Gasteiger partial charge in [-0.25, -0.2) is 9.67 Å². The van der Waals surface area contributed by atoms with Crippen LogP contribution >= 0.6 is 11.6 Å². The van der Waals surface area contributed by atoms with Crippen LogP contribution in [0.2, 0.25) is 5.02 Å². The van der Waals surface area contributed by atoms with E-state index in [4.69, 9.17) is 11.6 Å². The molecule has 0 radical (unpaired) electrons. The van der Waals surface area contributed by atoms with Crippen molar-refractivity contribution < 1.29 is 4.79 Å². The smallest absolute Gasteiger partial charge is 0.238 e. The number of halogens is 1. The predicted octanol–water partition coefficient (Wildman–Crippen LogP) is 1.86. The summed E-state index contributed by atoms with van der Waals surface area (Å²) in [6.07, 6.45) is 2.99. The van der Waals surface area contributed by atoms with Gasteiger partial charge in [0, 0.05) is 11.1 Å². The van der Waals surface area contributed by atoms with E-state index in [0.717, 1.165) is 0 Å². The van der Waals surface area contributed by atoms with Crippen molar-refractivity contribution in [3.05, 3.63) is 35.9 Å². The Bertz CT molecular complexity index is 582. The van der Waals surface area contributed by atoms with Gasteiger partial charge in [0.25, 0.3) is 0 Å². The van der Waals surface area contributed by atoms with Gasteiger partial charge in [0.2, 0.25) is 5.91 Å². The van der Waals surface area contributed by atoms with E-state index < -0.39 is 0 Å². The Balaban J connectivity index is 2.18. The summed E-state index contributed by atoms with van der Waals surface area (Å²) in [5.41, 5.74) is 1.31. The molecular weight excluding hydrogens is 278 g/mol. The number of nitrogens with one attached hydrogen (secondary N) is 2. The van der Waals surface area contributed by atoms with Crippen molar-refractivity contribution in [3.8, 4) is 5.69 Å². The maximum Gasteiger partial charge on any atom is 0.238 e. The molecule has 1 heterocycles. The molecule has 0 unspecified atom stereocenters. The number of nitrogens with zero attached hydrogens (tertiary/aromatic N) is 3. The molecule has 0 saturated carbocycles. The second-order valence-corrected chi connectivity index (χ2v) is 5.02. The highest BCUT2D eigenvalue weighted by Crippen LogP contribution is 2.23. The van der Waals surface area contributed by atoms with Gasteiger partial charge in [-0.05, 0) is 18.2 Å². The summed E-state index contributed by atoms with van der Waals surface area (Å²) in [4.78, 5) is 15.8. The molecule has 1 aromatic heterocycles. The minimum Gasteiger partial charge on any atom is -0.323 e. The molecule has 7 heteroatoms. The van der Waals surface area contributed by atoms with Gasteiger partial charge in [-0.3, -0.25) is 4.79 Å². The largest absolute Gasteiger partial charge is 0.323 e. The Morgan fingerprint density at radius 3 is 2.90 bits per heavy atom. The second-order valence-electron chi connectivity index (χ2n) is 4.59. The normalized spacial score (nSPS) is 10.8. The Kier molecular flexibility index (Phi) is 4.70. The molecule has 6 nitrogen and oxygen atoms in total. The Morgan fingerprint density at radius 2 is 2.25 bits per heavy atom. The van der Waals surface area contributed by atoms with Gasteiger partial charge >= 0.3 is 0 Å². The second kappa shape index (κ2) is 6.49. The van der Waals surface area contributed by atoms with Crippen molar-refractivity contribution in [2.24, 2.45) is 0 Å². The SMILES string of the molecule is CC(C)NCC(=O)Nc1cc(Cl)ccc1-n1cncn1. The molecule has 106 valence electrons. The number of hydrogen-bond donors (Lipinski definition) is 2. The Labute approximate surface area is 122 Å². The van der Waals surface area contributed by atoms with E-state index in [-0.39, 0.29) is 18.5 Å². The van der Waals surface area contributed by atoms with Crippen LogP contribution in [0.1, 0.15) is 13.8 Å². The number of benzene rings is 1. The van der Waals surface area contributed by atoms with E-state index in [1.165, 1.54) is 6.33 Å². The monoisotopic (exact) mass is 293 g/mol. The van der Waals surface area contributed by atoms with E-state index in [1.807, 2.05) is 13.8 Å². The lowest BCUT2D eigenvalue weighted by atomic mass is 10.2. The highest BCUT2D eigenvalue weighted by Gasteiger charge is 2.10. The summed E-state index contributed by atoms with van der Waals surface area (Å²) in [5, 5.41) is 10.5. The zero-order valence-corrected chi connectivity index (χ0v) is 12.1. The first kappa shape index (κ1) is 14.5. The summed E-state index contributed by atoms with van der Waals surface area (Å²) in [6.45, 7) is 4.20. The molecular formula is C13H16ClN5O. The van der Waals surface area contributed by atoms with Crippen LogP contribution in [-0.4, -0.2) is 33.3 Å². The van der Waals surface area contributed by atoms with Gasteiger partial charge in [-0.15, -0.1) is 0 Å². The van der Waals surface area contributed by atoms with Crippen LogP contribution in [0, 0.1) is 0 Å². The molecule has 0 saturated heterocycles. The van der Waals surface area contributed by atoms with Crippen LogP contribution in [0.3, 0.4) is 0 Å². The van der Waals surface area contributed by atoms with Gasteiger partial charge in [-0.2, -0.15) is 5.10 Å². The first-order chi connectivity index (χ1) is 9.56. The molecule has 2 rings (SSSR count). The minimum atomic E-state index is -0.137. The van der Waals surface area contributed by atoms with Crippen molar-refractivity contribution in [2.75, 3.05) is 11.9 Å². The molecule has 0 spiro atoms. The van der Waals surface area contributed by atoms with Crippen molar-refractivity contribution in [3.63, 3.8) is 0 Å². The zero-order chi connectivity index (χ0) is 14.5. The molecule has 0 aliphatic carbocycles. The van der Waals surface area contributed by atoms with E-state index in [1.54, 1.807) is 29.2 Å². The lowest BCUT2D eigenvalue weighted by molar-refractivity contribution is -0.115. The lowest BCUT2D eigenvalue weighted by Gasteiger charge is -2.12. The van der Waals surface area contributed by atoms with Crippen LogP contribution < -0.4 is 10.6 Å². The van der Waals surface area contributed by atoms with Gasteiger partial charge in [0.15, 0.2) is 0 Å². The average molecular weight is 294 g/mol. The summed E-state index contributed by atoms with van der Waals surface area (Å²) in [5.74, 6) is -0.137. The predicted molar refractivity (Wildman–Crippen MR) is 78.1 cm³/mol. The van der Waals surface area contributed by atoms with Crippen molar-refractivity contribution in [1.82, 2.24) is 20.1 Å². The van der Waals surface area contributed by atoms with Crippen LogP contribution in [0.25, 0.3) is 5.69 Å². The van der Waals surface area contributed by atoms with E-state index >= 15 is 0 Å². The van der Waals surface area contributed by atoms with Gasteiger partial charge in [0.1, 0.15) is 12.7 Å². The zero-order valence-electron chi connectivity index (χ0n) is 11.3. The number of carbonyl (C=O) groups excluding carboxylic acids is 1. The fourth-order valence-electron chi connectivity index (χ4n) is 1.63. The van der Waals surface area contributed by atoms with E-state index in [0.29, 0.717) is 16.4 Å². The topological polar surface area (TPSA) is 71.8 Å². The van der Waals surface area contributed by atoms with Crippen molar-refractivity contribution >= 4 is 23.2 Å². The highest BCUT2D eigenvalue weighted by atomic mass is 35.5. The number of carbonyl (C=O) groups is 1. The fraction of sp³-hybridized carbons (Fsp3) is 0.308. The highest BCUT2D eigenvalue weighted by molar-refractivity contribution is 6.31. The number of aromatic nitrogens is 3. The molecule has 1 amide bonds. The van der Waals surface area contributed by atoms with Gasteiger partial charge in [-0.1, -0.05) is 25.4 Å². The third-order valence-corrected chi connectivity index (χ3v) is 2.80. The lowest BCUT2D eigenvalue weighted by Crippen LogP contribution is -2.32. The van der Waals surface area contributed by atoms with Crippen molar-refractivity contribution in [2.45, 2.75) is 19.9 Å². The van der Waals surface area contributed by atoms with E-state index in [2.05, 4.69) is 20.7 Å². The molecule has 0 fully saturated rings. The minimum absolute atomic E-state index is 0.137. The van der Waals surface area contributed by atoms with Crippen LogP contribution in [-0.2, 0) is 4.79 Å². The average Bonchev–Trinajstić information content (AvgIpc) is 2.90. The maximum absolute atomic E-state index is 11.9. The summed E-state index contributed by atoms with van der Waals surface area (Å²) >= 11 is 5.98. The Hall–Kier alpha value is -1.92. The first-order valence-corrected chi connectivity index (χ1v) is 6.62. The molecule has 0 atom stereocenters. The number of rotatable bonds is 5. The quantitative estimate of drug-likeness (QED) is 0.882. The number of amides is 1. The van der Waals surface area contributed by atoms with Crippen LogP contribution in [0.5, 0.6) is 0 Å². The molecule has 1 aromatic carbocycles. The summed E-state index contributed by atoms with van der Waals surface area (Å²) in [6, 6.07) is 5.45. The standard InChI is InChI=1S/C13H16ClN5O/c1-9(2)16-6-13(20)18-11-5-10(14)3-4-12(11)19-8-15-7-17-19/h3-5,7-9,16H,6H2,1-2H3,(H,18,20). The molecule has 2 aromatic rings. The fourth-order valence-corrected chi connectivity index (χ4v) is 1.80. The first-order valence-electron chi connectivity index (χ1n) is 6.24. The van der Waals surface area contributed by atoms with E-state index in [9.17, 15) is 4.79 Å². The summed E-state index contributed by atoms with van der Waals surface area (Å²) < 4.78 is 1.57. The number of hydrogen-bond acceptors (Lipinski definition) is 4. The summed E-state index contributed by atoms with van der Waals surface area (Å²) in [7, 11) is 0. The third kappa shape index (κ3) is 3.79. The molecule has 0 bridgehead atoms. The van der Waals surface area contributed by atoms with Crippen molar-refractivity contribution in [1.29, 1.82) is 0 Å². The van der Waals surface area contributed by atoms with Crippen LogP contribution in [0.4, 0.5) is 5.69 Å². The third-order valence-electron chi connectivity index (χ3n) is 2.57. The van der Waals surface area contributed by atoms with Gasteiger partial charge < -0.3 is 10.6 Å². The molecule has 20 heavy (non-hydrogen) atoms. The van der Waals surface area contributed by atoms with Crippen LogP contribution in [0.15, 0.2) is 30.9 Å². The Morgan fingerprint density at radius 1 is 1.45 bits per heavy atom. The van der Waals surface area contributed by atoms with Gasteiger partial charge in [0.05, 0.1) is 17.9 Å². The molecule has 0 aliphatic heterocycles. The maximum atomic E-state index is 11.9. The molecule has 0 aliphatic rings.